The summed E-state index contributed by atoms with van der Waals surface area (Å²) in [5, 5.41) is 7.28. The van der Waals surface area contributed by atoms with Gasteiger partial charge >= 0.3 is 0 Å². The molecule has 6 nitrogen and oxygen atoms in total. The molecule has 2 fully saturated rings. The van der Waals surface area contributed by atoms with Gasteiger partial charge in [-0.2, -0.15) is 0 Å². The van der Waals surface area contributed by atoms with Crippen LogP contribution in [0.1, 0.15) is 53.4 Å². The van der Waals surface area contributed by atoms with Gasteiger partial charge in [0.1, 0.15) is 6.54 Å². The van der Waals surface area contributed by atoms with Crippen LogP contribution < -0.4 is 10.6 Å². The summed E-state index contributed by atoms with van der Waals surface area (Å²) in [7, 11) is 3.56. The third kappa shape index (κ3) is 7.40. The number of guanidine groups is 1. The highest BCUT2D eigenvalue weighted by molar-refractivity contribution is 14.0. The number of likely N-dealkylation sites (N-methyl/N-ethyl adjacent to an activating group) is 1. The number of likely N-dealkylation sites (tertiary alicyclic amines) is 1. The normalized spacial score (nSPS) is 29.4. The molecule has 4 unspecified atom stereocenters. The first-order chi connectivity index (χ1) is 12.3. The van der Waals surface area contributed by atoms with Crippen LogP contribution in [0.4, 0.5) is 0 Å². The number of nitrogens with one attached hydrogen (secondary N) is 2. The Morgan fingerprint density at radius 2 is 1.70 bits per heavy atom. The molecule has 4 atom stereocenters. The van der Waals surface area contributed by atoms with Crippen molar-refractivity contribution >= 4 is 35.8 Å². The summed E-state index contributed by atoms with van der Waals surface area (Å²) in [6.07, 6.45) is 5.04. The van der Waals surface area contributed by atoms with Crippen LogP contribution in [0.25, 0.3) is 0 Å². The number of carbonyl (C=O) groups excluding carboxylic acids is 1. The highest BCUT2D eigenvalue weighted by atomic mass is 127. The van der Waals surface area contributed by atoms with Gasteiger partial charge in [-0.1, -0.05) is 26.7 Å². The Morgan fingerprint density at radius 1 is 1.07 bits per heavy atom. The fourth-order valence-corrected chi connectivity index (χ4v) is 3.92. The van der Waals surface area contributed by atoms with E-state index in [-0.39, 0.29) is 36.4 Å². The number of nitrogens with zero attached hydrogens (tertiary/aromatic N) is 3. The number of aliphatic imine (C=N–C) groups is 1. The molecule has 0 aromatic carbocycles. The predicted octanol–water partition coefficient (Wildman–Crippen LogP) is 2.54. The van der Waals surface area contributed by atoms with Crippen molar-refractivity contribution in [2.24, 2.45) is 16.8 Å². The average molecular weight is 493 g/mol. The highest BCUT2D eigenvalue weighted by Gasteiger charge is 2.32. The SMILES string of the molecule is CC1CCCCC1NC(=NCC(=O)N(C)C)NC1CN(C(C)C)CC1C.I. The Balaban J connectivity index is 0.00000364. The van der Waals surface area contributed by atoms with Crippen LogP contribution in [0, 0.1) is 11.8 Å². The van der Waals surface area contributed by atoms with Gasteiger partial charge in [-0.3, -0.25) is 9.69 Å². The molecular formula is C20H40IN5O. The van der Waals surface area contributed by atoms with Crippen molar-refractivity contribution in [2.75, 3.05) is 33.7 Å². The molecule has 1 aliphatic carbocycles. The third-order valence-electron chi connectivity index (χ3n) is 6.00. The number of hydrogen-bond acceptors (Lipinski definition) is 3. The zero-order chi connectivity index (χ0) is 19.3. The zero-order valence-corrected chi connectivity index (χ0v) is 20.3. The summed E-state index contributed by atoms with van der Waals surface area (Å²) in [5.41, 5.74) is 0. The molecule has 0 bridgehead atoms. The smallest absolute Gasteiger partial charge is 0.243 e. The second kappa shape index (κ2) is 11.4. The Hall–Kier alpha value is -0.570. The monoisotopic (exact) mass is 493 g/mol. The Bertz CT molecular complexity index is 497. The molecule has 2 aliphatic rings. The Labute approximate surface area is 182 Å². The Morgan fingerprint density at radius 3 is 2.26 bits per heavy atom. The van der Waals surface area contributed by atoms with E-state index in [1.54, 1.807) is 19.0 Å². The number of halogens is 1. The first kappa shape index (κ1) is 24.5. The number of rotatable bonds is 5. The summed E-state index contributed by atoms with van der Waals surface area (Å²) >= 11 is 0. The molecule has 1 aliphatic heterocycles. The van der Waals surface area contributed by atoms with E-state index < -0.39 is 0 Å². The van der Waals surface area contributed by atoms with Gasteiger partial charge in [0.05, 0.1) is 0 Å². The van der Waals surface area contributed by atoms with Crippen LogP contribution in [-0.2, 0) is 4.79 Å². The van der Waals surface area contributed by atoms with Crippen molar-refractivity contribution in [3.8, 4) is 0 Å². The van der Waals surface area contributed by atoms with Crippen molar-refractivity contribution < 1.29 is 4.79 Å². The summed E-state index contributed by atoms with van der Waals surface area (Å²) < 4.78 is 0. The van der Waals surface area contributed by atoms with Crippen molar-refractivity contribution in [1.82, 2.24) is 20.4 Å². The number of carbonyl (C=O) groups is 1. The van der Waals surface area contributed by atoms with Gasteiger partial charge in [0.2, 0.25) is 5.91 Å². The highest BCUT2D eigenvalue weighted by Crippen LogP contribution is 2.24. The fraction of sp³-hybridized carbons (Fsp3) is 0.900. The van der Waals surface area contributed by atoms with Gasteiger partial charge in [0.25, 0.3) is 0 Å². The lowest BCUT2D eigenvalue weighted by Gasteiger charge is -2.32. The van der Waals surface area contributed by atoms with Crippen LogP contribution in [0.3, 0.4) is 0 Å². The maximum absolute atomic E-state index is 12.0. The molecule has 0 radical (unpaired) electrons. The lowest BCUT2D eigenvalue weighted by Crippen LogP contribution is -2.52. The molecule has 1 saturated heterocycles. The molecule has 0 aromatic heterocycles. The molecule has 7 heteroatoms. The molecule has 158 valence electrons. The minimum atomic E-state index is 0. The average Bonchev–Trinajstić information content (AvgIpc) is 2.95. The van der Waals surface area contributed by atoms with Crippen molar-refractivity contribution in [3.63, 3.8) is 0 Å². The molecule has 1 amide bonds. The fourth-order valence-electron chi connectivity index (χ4n) is 3.92. The maximum atomic E-state index is 12.0. The van der Waals surface area contributed by atoms with E-state index in [0.29, 0.717) is 30.0 Å². The van der Waals surface area contributed by atoms with Gasteiger partial charge in [-0.25, -0.2) is 4.99 Å². The number of hydrogen-bond donors (Lipinski definition) is 2. The van der Waals surface area contributed by atoms with Gasteiger partial charge in [-0.15, -0.1) is 24.0 Å². The first-order valence-electron chi connectivity index (χ1n) is 10.3. The van der Waals surface area contributed by atoms with E-state index in [0.717, 1.165) is 19.0 Å². The summed E-state index contributed by atoms with van der Waals surface area (Å²) in [4.78, 5) is 20.7. The summed E-state index contributed by atoms with van der Waals surface area (Å²) in [5.74, 6) is 2.05. The molecular weight excluding hydrogens is 453 g/mol. The predicted molar refractivity (Wildman–Crippen MR) is 124 cm³/mol. The van der Waals surface area contributed by atoms with E-state index in [2.05, 4.69) is 48.2 Å². The van der Waals surface area contributed by atoms with Crippen LogP contribution in [0.2, 0.25) is 0 Å². The minimum absolute atomic E-state index is 0. The van der Waals surface area contributed by atoms with Crippen LogP contribution in [-0.4, -0.2) is 73.5 Å². The first-order valence-corrected chi connectivity index (χ1v) is 10.3. The third-order valence-corrected chi connectivity index (χ3v) is 6.00. The van der Waals surface area contributed by atoms with Crippen LogP contribution in [0.5, 0.6) is 0 Å². The van der Waals surface area contributed by atoms with Crippen molar-refractivity contribution in [3.05, 3.63) is 0 Å². The molecule has 1 heterocycles. The van der Waals surface area contributed by atoms with E-state index in [1.807, 2.05) is 0 Å². The summed E-state index contributed by atoms with van der Waals surface area (Å²) in [6, 6.07) is 1.38. The lowest BCUT2D eigenvalue weighted by molar-refractivity contribution is -0.127. The Kier molecular flexibility index (Phi) is 10.4. The van der Waals surface area contributed by atoms with Gasteiger partial charge in [-0.05, 0) is 38.5 Å². The van der Waals surface area contributed by atoms with Crippen molar-refractivity contribution in [1.29, 1.82) is 0 Å². The lowest BCUT2D eigenvalue weighted by atomic mass is 9.86. The maximum Gasteiger partial charge on any atom is 0.243 e. The van der Waals surface area contributed by atoms with E-state index in [1.165, 1.54) is 25.7 Å². The largest absolute Gasteiger partial charge is 0.353 e. The van der Waals surface area contributed by atoms with Crippen LogP contribution >= 0.6 is 24.0 Å². The molecule has 1 saturated carbocycles. The standard InChI is InChI=1S/C20H39N5O.HI/c1-14(2)25-12-16(4)18(13-25)23-20(21-11-19(26)24(5)6)22-17-10-8-7-9-15(17)3;/h14-18H,7-13H2,1-6H3,(H2,21,22,23);1H. The van der Waals surface area contributed by atoms with Gasteiger partial charge < -0.3 is 15.5 Å². The van der Waals surface area contributed by atoms with E-state index in [4.69, 9.17) is 0 Å². The van der Waals surface area contributed by atoms with Gasteiger partial charge in [0, 0.05) is 45.3 Å². The zero-order valence-electron chi connectivity index (χ0n) is 18.0. The second-order valence-electron chi connectivity index (χ2n) is 8.74. The molecule has 2 rings (SSSR count). The quantitative estimate of drug-likeness (QED) is 0.351. The molecule has 27 heavy (non-hydrogen) atoms. The van der Waals surface area contributed by atoms with Gasteiger partial charge in [0.15, 0.2) is 5.96 Å². The van der Waals surface area contributed by atoms with E-state index >= 15 is 0 Å². The van der Waals surface area contributed by atoms with E-state index in [9.17, 15) is 4.79 Å². The minimum Gasteiger partial charge on any atom is -0.353 e. The van der Waals surface area contributed by atoms with Crippen LogP contribution in [0.15, 0.2) is 4.99 Å². The molecule has 0 aromatic rings. The molecule has 2 N–H and O–H groups in total. The van der Waals surface area contributed by atoms with Crippen molar-refractivity contribution in [2.45, 2.75) is 71.5 Å². The number of amides is 1. The second-order valence-corrected chi connectivity index (χ2v) is 8.74. The topological polar surface area (TPSA) is 60.0 Å². The summed E-state index contributed by atoms with van der Waals surface area (Å²) in [6.45, 7) is 11.5. The molecule has 0 spiro atoms.